The lowest BCUT2D eigenvalue weighted by atomic mass is 9.96. The molecule has 0 aliphatic rings. The average molecular weight is 306 g/mol. The third kappa shape index (κ3) is 3.19. The summed E-state index contributed by atoms with van der Waals surface area (Å²) in [5.41, 5.74) is 5.97. The Balaban J connectivity index is 2.08. The highest BCUT2D eigenvalue weighted by molar-refractivity contribution is 5.72. The van der Waals surface area contributed by atoms with E-state index in [1.165, 1.54) is 6.92 Å². The topological polar surface area (TPSA) is 3.88 Å². The van der Waals surface area contributed by atoms with Gasteiger partial charge in [0.25, 0.3) is 0 Å². The van der Waals surface area contributed by atoms with Gasteiger partial charge in [-0.15, -0.1) is 0 Å². The molecule has 1 aromatic heterocycles. The lowest BCUT2D eigenvalue weighted by molar-refractivity contribution is -0.660. The van der Waals surface area contributed by atoms with Crippen LogP contribution in [0.25, 0.3) is 22.4 Å². The van der Waals surface area contributed by atoms with Crippen molar-refractivity contribution < 1.29 is 10.1 Å². The number of nitrogens with zero attached hydrogens (tertiary/aromatic N) is 1. The number of hydrogen-bond donors (Lipinski definition) is 0. The van der Waals surface area contributed by atoms with Gasteiger partial charge in [0.2, 0.25) is 5.69 Å². The molecule has 1 nitrogen and oxygen atoms in total. The minimum atomic E-state index is -2.38. The fraction of sp³-hybridized carbons (Fsp3) is 0.227. The molecular formula is C22H24N+. The number of aromatic nitrogens is 1. The Morgan fingerprint density at radius 3 is 2.48 bits per heavy atom. The van der Waals surface area contributed by atoms with Gasteiger partial charge in [-0.3, -0.25) is 0 Å². The number of aryl methyl sites for hydroxylation is 2. The first kappa shape index (κ1) is 11.2. The lowest BCUT2D eigenvalue weighted by Gasteiger charge is -2.10. The van der Waals surface area contributed by atoms with Crippen molar-refractivity contribution in [1.29, 1.82) is 0 Å². The van der Waals surface area contributed by atoms with Crippen molar-refractivity contribution in [2.75, 3.05) is 0 Å². The second-order valence-corrected chi connectivity index (χ2v) is 5.93. The SMILES string of the molecule is [2H]C([2H])([2H])C([2H])(C)c1ccc(-c2cc(-c3ccccc3)ccc2C)[n+](C)c1. The molecule has 23 heavy (non-hydrogen) atoms. The summed E-state index contributed by atoms with van der Waals surface area (Å²) in [5, 5.41) is 0. The van der Waals surface area contributed by atoms with Gasteiger partial charge in [0.1, 0.15) is 7.05 Å². The Hall–Kier alpha value is -2.41. The molecule has 116 valence electrons. The summed E-state index contributed by atoms with van der Waals surface area (Å²) in [4.78, 5) is 0. The zero-order valence-electron chi connectivity index (χ0n) is 17.8. The van der Waals surface area contributed by atoms with Crippen molar-refractivity contribution in [1.82, 2.24) is 0 Å². The molecule has 0 saturated carbocycles. The zero-order chi connectivity index (χ0) is 19.8. The van der Waals surface area contributed by atoms with E-state index in [9.17, 15) is 0 Å². The molecule has 0 aliphatic heterocycles. The van der Waals surface area contributed by atoms with Crippen LogP contribution in [-0.4, -0.2) is 0 Å². The first-order chi connectivity index (χ1) is 12.6. The van der Waals surface area contributed by atoms with Gasteiger partial charge in [-0.05, 0) is 41.6 Å². The van der Waals surface area contributed by atoms with E-state index in [1.807, 2.05) is 35.9 Å². The van der Waals surface area contributed by atoms with Crippen LogP contribution in [-0.2, 0) is 7.05 Å². The Labute approximate surface area is 144 Å². The Kier molecular flexibility index (Phi) is 3.10. The van der Waals surface area contributed by atoms with E-state index in [-0.39, 0.29) is 0 Å². The molecular weight excluding hydrogens is 278 g/mol. The number of rotatable bonds is 3. The maximum atomic E-state index is 8.30. The molecule has 0 saturated heterocycles. The zero-order valence-corrected chi connectivity index (χ0v) is 13.8. The molecule has 0 N–H and O–H groups in total. The third-order valence-electron chi connectivity index (χ3n) is 4.19. The maximum absolute atomic E-state index is 8.30. The molecule has 1 heterocycles. The molecule has 1 unspecified atom stereocenters. The highest BCUT2D eigenvalue weighted by Crippen LogP contribution is 2.28. The smallest absolute Gasteiger partial charge is 0.201 e. The number of hydrogen-bond acceptors (Lipinski definition) is 0. The highest BCUT2D eigenvalue weighted by atomic mass is 14.9. The van der Waals surface area contributed by atoms with Gasteiger partial charge in [-0.2, -0.15) is 0 Å². The van der Waals surface area contributed by atoms with Crippen LogP contribution in [0.1, 0.15) is 36.3 Å². The van der Waals surface area contributed by atoms with Crippen LogP contribution in [0.3, 0.4) is 0 Å². The van der Waals surface area contributed by atoms with Gasteiger partial charge in [0, 0.05) is 22.7 Å². The molecule has 0 amide bonds. The fourth-order valence-corrected chi connectivity index (χ4v) is 2.82. The monoisotopic (exact) mass is 306 g/mol. The molecule has 0 fully saturated rings. The number of benzene rings is 2. The van der Waals surface area contributed by atoms with Gasteiger partial charge >= 0.3 is 0 Å². The molecule has 0 aliphatic carbocycles. The second kappa shape index (κ2) is 6.37. The molecule has 0 spiro atoms. The summed E-state index contributed by atoms with van der Waals surface area (Å²) < 4.78 is 33.2. The first-order valence-corrected chi connectivity index (χ1v) is 7.78. The molecule has 2 aromatic carbocycles. The van der Waals surface area contributed by atoms with Gasteiger partial charge in [-0.25, -0.2) is 4.57 Å². The predicted octanol–water partition coefficient (Wildman–Crippen LogP) is 5.28. The normalized spacial score (nSPS) is 16.7. The highest BCUT2D eigenvalue weighted by Gasteiger charge is 2.15. The summed E-state index contributed by atoms with van der Waals surface area (Å²) in [6.07, 6.45) is 1.75. The molecule has 3 rings (SSSR count). The molecule has 0 bridgehead atoms. The minimum absolute atomic E-state index is 0.477. The van der Waals surface area contributed by atoms with Crippen LogP contribution in [0.15, 0.2) is 66.9 Å². The summed E-state index contributed by atoms with van der Waals surface area (Å²) in [6.45, 7) is 1.12. The standard InChI is InChI=1S/C22H24N/c1-16(2)20-12-13-22(23(4)15-20)21-14-19(11-10-17(21)3)18-8-6-5-7-9-18/h5-16H,1-4H3/q+1/i1D3,16D. The molecule has 1 atom stereocenters. The summed E-state index contributed by atoms with van der Waals surface area (Å²) >= 11 is 0. The van der Waals surface area contributed by atoms with E-state index in [2.05, 4.69) is 37.3 Å². The third-order valence-corrected chi connectivity index (χ3v) is 4.19. The van der Waals surface area contributed by atoms with Gasteiger partial charge in [0.15, 0.2) is 6.20 Å². The van der Waals surface area contributed by atoms with Crippen LogP contribution in [0.2, 0.25) is 0 Å². The van der Waals surface area contributed by atoms with Crippen molar-refractivity contribution in [2.45, 2.75) is 26.6 Å². The van der Waals surface area contributed by atoms with Gasteiger partial charge in [0.05, 0.1) is 0 Å². The Morgan fingerprint density at radius 2 is 1.78 bits per heavy atom. The Morgan fingerprint density at radius 1 is 1.00 bits per heavy atom. The van der Waals surface area contributed by atoms with Gasteiger partial charge < -0.3 is 0 Å². The summed E-state index contributed by atoms with van der Waals surface area (Å²) in [6, 6.07) is 20.2. The van der Waals surface area contributed by atoms with E-state index >= 15 is 0 Å². The van der Waals surface area contributed by atoms with E-state index in [4.69, 9.17) is 5.48 Å². The fourth-order valence-electron chi connectivity index (χ4n) is 2.82. The quantitative estimate of drug-likeness (QED) is 0.580. The maximum Gasteiger partial charge on any atom is 0.212 e. The van der Waals surface area contributed by atoms with Crippen LogP contribution < -0.4 is 4.57 Å². The minimum Gasteiger partial charge on any atom is -0.201 e. The van der Waals surface area contributed by atoms with Crippen molar-refractivity contribution in [3.63, 3.8) is 0 Å². The molecule has 0 radical (unpaired) electrons. The van der Waals surface area contributed by atoms with E-state index in [0.717, 1.165) is 27.9 Å². The molecule has 1 heteroatoms. The second-order valence-electron chi connectivity index (χ2n) is 5.93. The summed E-state index contributed by atoms with van der Waals surface area (Å²) in [5.74, 6) is -1.65. The van der Waals surface area contributed by atoms with E-state index in [0.29, 0.717) is 5.56 Å². The van der Waals surface area contributed by atoms with Crippen molar-refractivity contribution in [3.8, 4) is 22.4 Å². The first-order valence-electron chi connectivity index (χ1n) is 9.78. The lowest BCUT2D eigenvalue weighted by Crippen LogP contribution is -2.31. The molecule has 3 aromatic rings. The van der Waals surface area contributed by atoms with Gasteiger partial charge in [-0.1, -0.05) is 56.2 Å². The van der Waals surface area contributed by atoms with Crippen LogP contribution >= 0.6 is 0 Å². The van der Waals surface area contributed by atoms with Crippen LogP contribution in [0, 0.1) is 6.92 Å². The predicted molar refractivity (Wildman–Crippen MR) is 97.3 cm³/mol. The summed E-state index contributed by atoms with van der Waals surface area (Å²) in [7, 11) is 1.89. The van der Waals surface area contributed by atoms with Crippen LogP contribution in [0.5, 0.6) is 0 Å². The largest absolute Gasteiger partial charge is 0.212 e. The van der Waals surface area contributed by atoms with Crippen LogP contribution in [0.4, 0.5) is 0 Å². The van der Waals surface area contributed by atoms with Crippen molar-refractivity contribution >= 4 is 0 Å². The Bertz CT molecular complexity index is 960. The average Bonchev–Trinajstić information content (AvgIpc) is 2.62. The van der Waals surface area contributed by atoms with E-state index < -0.39 is 12.7 Å². The van der Waals surface area contributed by atoms with Crippen molar-refractivity contribution in [2.24, 2.45) is 7.05 Å². The number of pyridine rings is 1. The van der Waals surface area contributed by atoms with Crippen molar-refractivity contribution in [3.05, 3.63) is 78.0 Å². The van der Waals surface area contributed by atoms with E-state index in [1.54, 1.807) is 12.3 Å².